The third-order valence-corrected chi connectivity index (χ3v) is 2.34. The average Bonchev–Trinajstić information content (AvgIpc) is 2.29. The van der Waals surface area contributed by atoms with Crippen molar-refractivity contribution >= 4 is 5.97 Å². The number of alkyl halides is 1. The van der Waals surface area contributed by atoms with Crippen LogP contribution in [0.4, 0.5) is 4.39 Å². The molecule has 4 heteroatoms. The molecule has 0 aromatic heterocycles. The molecule has 3 atom stereocenters. The van der Waals surface area contributed by atoms with Crippen LogP contribution in [-0.4, -0.2) is 29.5 Å². The Morgan fingerprint density at radius 3 is 2.59 bits per heavy atom. The minimum absolute atomic E-state index is 0.0115. The molecule has 93 valence electrons. The van der Waals surface area contributed by atoms with Crippen LogP contribution in [0, 0.1) is 6.07 Å². The highest BCUT2D eigenvalue weighted by molar-refractivity contribution is 5.89. The van der Waals surface area contributed by atoms with Gasteiger partial charge in [-0.05, 0) is 32.0 Å². The van der Waals surface area contributed by atoms with E-state index in [0.717, 1.165) is 0 Å². The summed E-state index contributed by atoms with van der Waals surface area (Å²) in [5.74, 6) is -0.496. The lowest BCUT2D eigenvalue weighted by molar-refractivity contribution is 0.0136. The van der Waals surface area contributed by atoms with Crippen molar-refractivity contribution in [2.45, 2.75) is 38.6 Å². The fourth-order valence-corrected chi connectivity index (χ4v) is 1.34. The molecule has 0 saturated heterocycles. The van der Waals surface area contributed by atoms with Crippen LogP contribution < -0.4 is 0 Å². The van der Waals surface area contributed by atoms with E-state index in [-0.39, 0.29) is 6.42 Å². The number of esters is 1. The molecule has 0 amide bonds. The molecule has 0 spiro atoms. The Bertz CT molecular complexity index is 351. The Morgan fingerprint density at radius 1 is 1.47 bits per heavy atom. The van der Waals surface area contributed by atoms with Crippen molar-refractivity contribution in [1.29, 1.82) is 0 Å². The van der Waals surface area contributed by atoms with Crippen molar-refractivity contribution in [3.05, 3.63) is 35.9 Å². The summed E-state index contributed by atoms with van der Waals surface area (Å²) in [4.78, 5) is 11.6. The Morgan fingerprint density at radius 2 is 2.06 bits per heavy atom. The molecule has 0 aliphatic carbocycles. The van der Waals surface area contributed by atoms with Crippen LogP contribution in [0.3, 0.4) is 0 Å². The van der Waals surface area contributed by atoms with E-state index in [2.05, 4.69) is 6.07 Å². The summed E-state index contributed by atoms with van der Waals surface area (Å²) in [6, 6.07) is 9.16. The van der Waals surface area contributed by atoms with E-state index < -0.39 is 24.3 Å². The largest absolute Gasteiger partial charge is 0.459 e. The van der Waals surface area contributed by atoms with Gasteiger partial charge in [0.05, 0.1) is 11.7 Å². The third kappa shape index (κ3) is 4.53. The van der Waals surface area contributed by atoms with E-state index in [4.69, 9.17) is 9.84 Å². The fraction of sp³-hybridized carbons (Fsp3) is 0.462. The maximum Gasteiger partial charge on any atom is 0.338 e. The predicted octanol–water partition coefficient (Wildman–Crippen LogP) is 2.14. The lowest BCUT2D eigenvalue weighted by Crippen LogP contribution is -2.25. The standard InChI is InChI=1S/C13H16FO3/c1-9(8-12(14)10(2)15)17-13(16)11-6-4-3-5-7-11/h4-7,9-10,12,15H,8H2,1-2H3. The topological polar surface area (TPSA) is 46.5 Å². The highest BCUT2D eigenvalue weighted by Gasteiger charge is 2.20. The molecule has 0 saturated carbocycles. The summed E-state index contributed by atoms with van der Waals surface area (Å²) in [7, 11) is 0. The van der Waals surface area contributed by atoms with E-state index in [9.17, 15) is 9.18 Å². The molecule has 0 aliphatic heterocycles. The highest BCUT2D eigenvalue weighted by Crippen LogP contribution is 2.12. The van der Waals surface area contributed by atoms with Crippen molar-refractivity contribution in [3.63, 3.8) is 0 Å². The zero-order valence-electron chi connectivity index (χ0n) is 9.89. The number of aliphatic hydroxyl groups excluding tert-OH is 1. The summed E-state index contributed by atoms with van der Waals surface area (Å²) in [5.41, 5.74) is 0.406. The second-order valence-corrected chi connectivity index (χ2v) is 4.00. The average molecular weight is 239 g/mol. The molecule has 0 heterocycles. The normalized spacial score (nSPS) is 16.0. The van der Waals surface area contributed by atoms with E-state index in [1.807, 2.05) is 0 Å². The number of hydrogen-bond acceptors (Lipinski definition) is 3. The zero-order chi connectivity index (χ0) is 12.8. The SMILES string of the molecule is CC(CC(F)C(C)O)OC(=O)c1cc[c]cc1. The quantitative estimate of drug-likeness (QED) is 0.801. The minimum Gasteiger partial charge on any atom is -0.459 e. The number of halogens is 1. The predicted molar refractivity (Wildman–Crippen MR) is 61.3 cm³/mol. The number of carbonyl (C=O) groups excluding carboxylic acids is 1. The Labute approximate surface area is 100 Å². The van der Waals surface area contributed by atoms with Crippen molar-refractivity contribution in [2.24, 2.45) is 0 Å². The van der Waals surface area contributed by atoms with Gasteiger partial charge in [-0.1, -0.05) is 12.1 Å². The van der Waals surface area contributed by atoms with Crippen LogP contribution >= 0.6 is 0 Å². The molecule has 0 bridgehead atoms. The lowest BCUT2D eigenvalue weighted by atomic mass is 10.1. The smallest absolute Gasteiger partial charge is 0.338 e. The summed E-state index contributed by atoms with van der Waals surface area (Å²) >= 11 is 0. The number of ether oxygens (including phenoxy) is 1. The summed E-state index contributed by atoms with van der Waals surface area (Å²) in [6.45, 7) is 2.97. The molecule has 1 aromatic carbocycles. The molecule has 3 unspecified atom stereocenters. The van der Waals surface area contributed by atoms with Gasteiger partial charge in [0, 0.05) is 6.42 Å². The van der Waals surface area contributed by atoms with Crippen molar-refractivity contribution < 1.29 is 19.0 Å². The minimum atomic E-state index is -1.39. The van der Waals surface area contributed by atoms with Crippen LogP contribution in [0.15, 0.2) is 24.3 Å². The molecular formula is C13H16FO3. The Kier molecular flexibility index (Phi) is 5.10. The monoisotopic (exact) mass is 239 g/mol. The second kappa shape index (κ2) is 6.35. The number of hydrogen-bond donors (Lipinski definition) is 1. The van der Waals surface area contributed by atoms with E-state index >= 15 is 0 Å². The van der Waals surface area contributed by atoms with Crippen molar-refractivity contribution in [3.8, 4) is 0 Å². The van der Waals surface area contributed by atoms with Gasteiger partial charge in [0.25, 0.3) is 0 Å². The molecule has 17 heavy (non-hydrogen) atoms. The first-order valence-electron chi connectivity index (χ1n) is 5.50. The third-order valence-electron chi connectivity index (χ3n) is 2.34. The first-order valence-corrected chi connectivity index (χ1v) is 5.50. The maximum atomic E-state index is 13.2. The summed E-state index contributed by atoms with van der Waals surface area (Å²) < 4.78 is 18.2. The van der Waals surface area contributed by atoms with Crippen LogP contribution in [-0.2, 0) is 4.74 Å². The van der Waals surface area contributed by atoms with E-state index in [1.54, 1.807) is 31.2 Å². The molecule has 1 aromatic rings. The second-order valence-electron chi connectivity index (χ2n) is 4.00. The summed E-state index contributed by atoms with van der Waals surface area (Å²) in [6.07, 6.45) is -3.02. The first kappa shape index (κ1) is 13.6. The van der Waals surface area contributed by atoms with Crippen LogP contribution in [0.25, 0.3) is 0 Å². The molecule has 1 radical (unpaired) electrons. The van der Waals surface area contributed by atoms with Crippen molar-refractivity contribution in [2.75, 3.05) is 0 Å². The first-order chi connectivity index (χ1) is 8.00. The van der Waals surface area contributed by atoms with E-state index in [0.29, 0.717) is 5.56 Å². The van der Waals surface area contributed by atoms with Crippen LogP contribution in [0.2, 0.25) is 0 Å². The van der Waals surface area contributed by atoms with E-state index in [1.165, 1.54) is 6.92 Å². The van der Waals surface area contributed by atoms with Gasteiger partial charge in [0.2, 0.25) is 0 Å². The van der Waals surface area contributed by atoms with Gasteiger partial charge in [0.15, 0.2) is 0 Å². The molecule has 1 rings (SSSR count). The van der Waals surface area contributed by atoms with Crippen molar-refractivity contribution in [1.82, 2.24) is 0 Å². The molecular weight excluding hydrogens is 223 g/mol. The fourth-order valence-electron chi connectivity index (χ4n) is 1.34. The van der Waals surface area contributed by atoms with Gasteiger partial charge in [0.1, 0.15) is 12.3 Å². The van der Waals surface area contributed by atoms with Gasteiger partial charge >= 0.3 is 5.97 Å². The van der Waals surface area contributed by atoms with Gasteiger partial charge in [-0.3, -0.25) is 0 Å². The summed E-state index contributed by atoms with van der Waals surface area (Å²) in [5, 5.41) is 9.00. The number of rotatable bonds is 5. The molecule has 0 aliphatic rings. The lowest BCUT2D eigenvalue weighted by Gasteiger charge is -2.17. The molecule has 0 fully saturated rings. The number of carbonyl (C=O) groups is 1. The van der Waals surface area contributed by atoms with Gasteiger partial charge in [-0.15, -0.1) is 0 Å². The van der Waals surface area contributed by atoms with Gasteiger partial charge in [-0.2, -0.15) is 0 Å². The highest BCUT2D eigenvalue weighted by atomic mass is 19.1. The maximum absolute atomic E-state index is 13.2. The number of aliphatic hydroxyl groups is 1. The Balaban J connectivity index is 2.47. The van der Waals surface area contributed by atoms with Gasteiger partial charge < -0.3 is 9.84 Å². The number of benzene rings is 1. The Hall–Kier alpha value is -1.42. The zero-order valence-corrected chi connectivity index (χ0v) is 9.89. The molecule has 3 nitrogen and oxygen atoms in total. The van der Waals surface area contributed by atoms with Crippen LogP contribution in [0.5, 0.6) is 0 Å². The van der Waals surface area contributed by atoms with Gasteiger partial charge in [-0.25, -0.2) is 9.18 Å². The molecule has 1 N–H and O–H groups in total. The van der Waals surface area contributed by atoms with Crippen LogP contribution in [0.1, 0.15) is 30.6 Å².